The molecule has 0 atom stereocenters. The zero-order valence-electron chi connectivity index (χ0n) is 18.5. The van der Waals surface area contributed by atoms with Crippen molar-refractivity contribution in [1.82, 2.24) is 14.9 Å². The number of nitrogens with one attached hydrogen (secondary N) is 1. The molecule has 0 aliphatic rings. The Labute approximate surface area is 198 Å². The maximum absolute atomic E-state index is 12.7. The third kappa shape index (κ3) is 5.55. The summed E-state index contributed by atoms with van der Waals surface area (Å²) in [4.78, 5) is 25.1. The molecule has 11 heteroatoms. The van der Waals surface area contributed by atoms with E-state index >= 15 is 0 Å². The average molecular weight is 515 g/mol. The lowest BCUT2D eigenvalue weighted by molar-refractivity contribution is 0.0731. The zero-order chi connectivity index (χ0) is 24.2. The van der Waals surface area contributed by atoms with E-state index in [1.54, 1.807) is 42.5 Å². The number of ether oxygens (including phenoxy) is 2. The molecule has 0 saturated heterocycles. The summed E-state index contributed by atoms with van der Waals surface area (Å²) in [6, 6.07) is 11.8. The van der Waals surface area contributed by atoms with E-state index in [4.69, 9.17) is 15.3 Å². The Morgan fingerprint density at radius 3 is 2.61 bits per heavy atom. The SMILES string of the molecule is COc1ccccc1C(=O)Oc1ccc(Br)cc1/C=N/Nc1nnc(C(C)(C)C)c(=O)n1N. The van der Waals surface area contributed by atoms with E-state index in [1.165, 1.54) is 13.3 Å². The molecule has 2 aromatic carbocycles. The van der Waals surface area contributed by atoms with Crippen LogP contribution >= 0.6 is 15.9 Å². The summed E-state index contributed by atoms with van der Waals surface area (Å²) < 4.78 is 12.4. The summed E-state index contributed by atoms with van der Waals surface area (Å²) in [5, 5.41) is 12.0. The van der Waals surface area contributed by atoms with Crippen molar-refractivity contribution in [3.05, 3.63) is 74.1 Å². The smallest absolute Gasteiger partial charge is 0.347 e. The molecule has 0 fully saturated rings. The van der Waals surface area contributed by atoms with Crippen molar-refractivity contribution in [2.45, 2.75) is 26.2 Å². The molecule has 0 amide bonds. The Bertz CT molecular complexity index is 1270. The van der Waals surface area contributed by atoms with Crippen molar-refractivity contribution in [1.29, 1.82) is 0 Å². The molecule has 0 bridgehead atoms. The summed E-state index contributed by atoms with van der Waals surface area (Å²) >= 11 is 3.38. The Balaban J connectivity index is 1.84. The van der Waals surface area contributed by atoms with Gasteiger partial charge in [0.1, 0.15) is 22.8 Å². The van der Waals surface area contributed by atoms with Crippen LogP contribution < -0.4 is 26.3 Å². The largest absolute Gasteiger partial charge is 0.496 e. The fourth-order valence-corrected chi connectivity index (χ4v) is 3.17. The maximum atomic E-state index is 12.7. The number of methoxy groups -OCH3 is 1. The fraction of sp³-hybridized carbons (Fsp3) is 0.227. The number of nitrogen functional groups attached to an aromatic ring is 1. The third-order valence-corrected chi connectivity index (χ3v) is 4.97. The fourth-order valence-electron chi connectivity index (χ4n) is 2.79. The van der Waals surface area contributed by atoms with Crippen molar-refractivity contribution in [2.24, 2.45) is 5.10 Å². The van der Waals surface area contributed by atoms with Gasteiger partial charge in [-0.1, -0.05) is 48.8 Å². The number of rotatable bonds is 6. The first-order valence-electron chi connectivity index (χ1n) is 9.81. The van der Waals surface area contributed by atoms with Gasteiger partial charge >= 0.3 is 5.97 Å². The number of esters is 1. The minimum atomic E-state index is -0.586. The molecule has 0 spiro atoms. The van der Waals surface area contributed by atoms with Crippen LogP contribution in [0.4, 0.5) is 5.95 Å². The number of hydrogen-bond acceptors (Lipinski definition) is 9. The molecule has 3 N–H and O–H groups in total. The molecule has 1 heterocycles. The molecule has 0 saturated carbocycles. The van der Waals surface area contributed by atoms with Crippen molar-refractivity contribution >= 4 is 34.1 Å². The van der Waals surface area contributed by atoms with Gasteiger partial charge in [0.2, 0.25) is 0 Å². The molecule has 172 valence electrons. The second kappa shape index (κ2) is 9.82. The van der Waals surface area contributed by atoms with Crippen LogP contribution in [0.15, 0.2) is 56.8 Å². The minimum absolute atomic E-state index is 0.0492. The van der Waals surface area contributed by atoms with Gasteiger partial charge in [0, 0.05) is 15.5 Å². The molecular formula is C22H23BrN6O4. The normalized spacial score (nSPS) is 11.4. The van der Waals surface area contributed by atoms with E-state index in [0.29, 0.717) is 11.3 Å². The van der Waals surface area contributed by atoms with Crippen LogP contribution in [0.25, 0.3) is 0 Å². The molecular weight excluding hydrogens is 492 g/mol. The first-order valence-corrected chi connectivity index (χ1v) is 10.6. The highest BCUT2D eigenvalue weighted by Crippen LogP contribution is 2.25. The Morgan fingerprint density at radius 1 is 1.18 bits per heavy atom. The Morgan fingerprint density at radius 2 is 1.91 bits per heavy atom. The van der Waals surface area contributed by atoms with Gasteiger partial charge in [0.25, 0.3) is 11.5 Å². The lowest BCUT2D eigenvalue weighted by atomic mass is 9.93. The van der Waals surface area contributed by atoms with Crippen LogP contribution in [0, 0.1) is 0 Å². The molecule has 0 aliphatic carbocycles. The summed E-state index contributed by atoms with van der Waals surface area (Å²) in [6.07, 6.45) is 1.40. The van der Waals surface area contributed by atoms with Gasteiger partial charge in [-0.3, -0.25) is 4.79 Å². The Kier molecular flexibility index (Phi) is 7.12. The molecule has 1 aromatic heterocycles. The number of hydrogen-bond donors (Lipinski definition) is 2. The second-order valence-electron chi connectivity index (χ2n) is 7.94. The number of halogens is 1. The molecule has 33 heavy (non-hydrogen) atoms. The molecule has 0 unspecified atom stereocenters. The van der Waals surface area contributed by atoms with Crippen molar-refractivity contribution in [3.8, 4) is 11.5 Å². The maximum Gasteiger partial charge on any atom is 0.347 e. The number of benzene rings is 2. The van der Waals surface area contributed by atoms with Crippen molar-refractivity contribution in [3.63, 3.8) is 0 Å². The quantitative estimate of drug-likeness (QED) is 0.168. The minimum Gasteiger partial charge on any atom is -0.496 e. The summed E-state index contributed by atoms with van der Waals surface area (Å²) in [6.45, 7) is 5.51. The Hall–Kier alpha value is -3.73. The number of anilines is 1. The van der Waals surface area contributed by atoms with E-state index < -0.39 is 16.9 Å². The predicted molar refractivity (Wildman–Crippen MR) is 128 cm³/mol. The van der Waals surface area contributed by atoms with Crippen LogP contribution in [0.1, 0.15) is 42.4 Å². The van der Waals surface area contributed by atoms with Gasteiger partial charge in [-0.2, -0.15) is 9.78 Å². The van der Waals surface area contributed by atoms with E-state index in [0.717, 1.165) is 9.15 Å². The average Bonchev–Trinajstić information content (AvgIpc) is 2.77. The molecule has 0 aliphatic heterocycles. The number of para-hydroxylation sites is 1. The van der Waals surface area contributed by atoms with Crippen LogP contribution in [0.2, 0.25) is 0 Å². The van der Waals surface area contributed by atoms with E-state index in [-0.39, 0.29) is 23.0 Å². The first-order chi connectivity index (χ1) is 15.6. The highest BCUT2D eigenvalue weighted by atomic mass is 79.9. The second-order valence-corrected chi connectivity index (χ2v) is 8.85. The molecule has 3 aromatic rings. The summed E-state index contributed by atoms with van der Waals surface area (Å²) in [7, 11) is 1.48. The van der Waals surface area contributed by atoms with E-state index in [2.05, 4.69) is 36.7 Å². The lowest BCUT2D eigenvalue weighted by Crippen LogP contribution is -2.38. The number of nitrogens with two attached hydrogens (primary N) is 1. The molecule has 3 rings (SSSR count). The summed E-state index contributed by atoms with van der Waals surface area (Å²) in [5.41, 5.74) is 2.59. The first kappa shape index (κ1) is 23.9. The highest BCUT2D eigenvalue weighted by Gasteiger charge is 2.22. The third-order valence-electron chi connectivity index (χ3n) is 4.47. The monoisotopic (exact) mass is 514 g/mol. The number of aromatic nitrogens is 3. The topological polar surface area (TPSA) is 134 Å². The van der Waals surface area contributed by atoms with Gasteiger partial charge in [-0.15, -0.1) is 10.2 Å². The van der Waals surface area contributed by atoms with E-state index in [1.807, 2.05) is 20.8 Å². The standard InChI is InChI=1S/C22H23BrN6O4/c1-22(2,3)18-19(30)29(24)21(28-26-18)27-25-12-13-11-14(23)9-10-16(13)33-20(31)15-7-5-6-8-17(15)32-4/h5-12H,24H2,1-4H3,(H,27,28)/b25-12+. The number of carbonyl (C=O) groups is 1. The van der Waals surface area contributed by atoms with Crippen molar-refractivity contribution < 1.29 is 14.3 Å². The number of hydrazone groups is 1. The van der Waals surface area contributed by atoms with Crippen molar-refractivity contribution in [2.75, 3.05) is 18.4 Å². The van der Waals surface area contributed by atoms with Crippen LogP contribution in [-0.2, 0) is 5.41 Å². The molecule has 0 radical (unpaired) electrons. The highest BCUT2D eigenvalue weighted by molar-refractivity contribution is 9.10. The summed E-state index contributed by atoms with van der Waals surface area (Å²) in [5.74, 6) is 5.87. The van der Waals surface area contributed by atoms with Gasteiger partial charge < -0.3 is 15.3 Å². The predicted octanol–water partition coefficient (Wildman–Crippen LogP) is 3.09. The van der Waals surface area contributed by atoms with Crippen LogP contribution in [0.3, 0.4) is 0 Å². The zero-order valence-corrected chi connectivity index (χ0v) is 20.1. The van der Waals surface area contributed by atoms with Crippen LogP contribution in [-0.4, -0.2) is 34.2 Å². The van der Waals surface area contributed by atoms with Crippen LogP contribution in [0.5, 0.6) is 11.5 Å². The van der Waals surface area contributed by atoms with E-state index in [9.17, 15) is 9.59 Å². The van der Waals surface area contributed by atoms with Gasteiger partial charge in [-0.05, 0) is 30.3 Å². The molecule has 10 nitrogen and oxygen atoms in total. The lowest BCUT2D eigenvalue weighted by Gasteiger charge is -2.17. The number of carbonyl (C=O) groups excluding carboxylic acids is 1. The number of nitrogens with zero attached hydrogens (tertiary/aromatic N) is 4. The van der Waals surface area contributed by atoms with Gasteiger partial charge in [0.05, 0.1) is 13.3 Å². The van der Waals surface area contributed by atoms with Gasteiger partial charge in [-0.25, -0.2) is 10.2 Å². The van der Waals surface area contributed by atoms with Gasteiger partial charge in [0.15, 0.2) is 0 Å².